The zero-order valence-electron chi connectivity index (χ0n) is 13.6. The van der Waals surface area contributed by atoms with Crippen LogP contribution in [0.5, 0.6) is 0 Å². The van der Waals surface area contributed by atoms with Crippen molar-refractivity contribution in [1.29, 1.82) is 0 Å². The molecule has 1 unspecified atom stereocenters. The van der Waals surface area contributed by atoms with Gasteiger partial charge in [-0.1, -0.05) is 5.16 Å². The number of hydrogen-bond acceptors (Lipinski definition) is 5. The Kier molecular flexibility index (Phi) is 11.0. The van der Waals surface area contributed by atoms with Crippen molar-refractivity contribution in [3.05, 3.63) is 18.0 Å². The highest BCUT2D eigenvalue weighted by Crippen LogP contribution is 2.12. The fourth-order valence-electron chi connectivity index (χ4n) is 2.17. The van der Waals surface area contributed by atoms with Crippen molar-refractivity contribution in [2.75, 3.05) is 39.5 Å². The summed E-state index contributed by atoms with van der Waals surface area (Å²) in [6.07, 6.45) is 3.62. The van der Waals surface area contributed by atoms with Crippen LogP contribution in [-0.2, 0) is 16.0 Å². The number of halogens is 1. The van der Waals surface area contributed by atoms with E-state index in [-0.39, 0.29) is 24.0 Å². The van der Waals surface area contributed by atoms with E-state index < -0.39 is 0 Å². The van der Waals surface area contributed by atoms with Gasteiger partial charge in [0.05, 0.1) is 19.8 Å². The van der Waals surface area contributed by atoms with Gasteiger partial charge >= 0.3 is 0 Å². The second-order valence-corrected chi connectivity index (χ2v) is 5.27. The molecule has 0 radical (unpaired) electrons. The highest BCUT2D eigenvalue weighted by atomic mass is 127. The summed E-state index contributed by atoms with van der Waals surface area (Å²) < 4.78 is 15.8. The Bertz CT molecular complexity index is 422. The molecule has 0 aromatic carbocycles. The zero-order chi connectivity index (χ0) is 15.5. The Morgan fingerprint density at radius 2 is 2.39 bits per heavy atom. The number of rotatable bonds is 9. The first-order valence-corrected chi connectivity index (χ1v) is 7.95. The van der Waals surface area contributed by atoms with Gasteiger partial charge < -0.3 is 24.6 Å². The molecule has 0 saturated carbocycles. The van der Waals surface area contributed by atoms with Gasteiger partial charge in [-0.15, -0.1) is 24.0 Å². The summed E-state index contributed by atoms with van der Waals surface area (Å²) in [6.45, 7) is 7.48. The summed E-state index contributed by atoms with van der Waals surface area (Å²) in [5.74, 6) is 1.36. The number of nitrogens with one attached hydrogen (secondary N) is 2. The van der Waals surface area contributed by atoms with Gasteiger partial charge in [-0.3, -0.25) is 0 Å². The minimum absolute atomic E-state index is 0. The molecular weight excluding hydrogens is 411 g/mol. The fourth-order valence-corrected chi connectivity index (χ4v) is 2.17. The largest absolute Gasteiger partial charge is 0.381 e. The number of hydrogen-bond donors (Lipinski definition) is 2. The van der Waals surface area contributed by atoms with Crippen LogP contribution < -0.4 is 10.6 Å². The number of aliphatic imine (C=N–C) groups is 1. The van der Waals surface area contributed by atoms with E-state index in [1.54, 1.807) is 6.26 Å². The maximum Gasteiger partial charge on any atom is 0.191 e. The highest BCUT2D eigenvalue weighted by molar-refractivity contribution is 14.0. The molecule has 0 aliphatic carbocycles. The first-order chi connectivity index (χ1) is 10.9. The summed E-state index contributed by atoms with van der Waals surface area (Å²) in [4.78, 5) is 4.45. The standard InChI is InChI=1S/C15H26N4O3.HI/c1-2-16-15(18-10-14-5-9-22-19-14)17-6-3-7-20-11-13-4-8-21-12-13;/h5,9,13H,2-4,6-8,10-12H2,1H3,(H2,16,17,18);1H. The zero-order valence-corrected chi connectivity index (χ0v) is 16.0. The van der Waals surface area contributed by atoms with Crippen molar-refractivity contribution < 1.29 is 14.0 Å². The van der Waals surface area contributed by atoms with Crippen molar-refractivity contribution in [3.63, 3.8) is 0 Å². The Morgan fingerprint density at radius 1 is 1.48 bits per heavy atom. The minimum Gasteiger partial charge on any atom is -0.381 e. The number of guanidine groups is 1. The molecular formula is C15H27IN4O3. The molecule has 0 amide bonds. The quantitative estimate of drug-likeness (QED) is 0.265. The van der Waals surface area contributed by atoms with E-state index in [9.17, 15) is 0 Å². The molecule has 2 N–H and O–H groups in total. The Balaban J connectivity index is 0.00000264. The van der Waals surface area contributed by atoms with Gasteiger partial charge in [0.2, 0.25) is 0 Å². The third-order valence-corrected chi connectivity index (χ3v) is 3.37. The summed E-state index contributed by atoms with van der Waals surface area (Å²) in [5, 5.41) is 10.3. The molecule has 1 aromatic heterocycles. The van der Waals surface area contributed by atoms with E-state index in [4.69, 9.17) is 14.0 Å². The third-order valence-electron chi connectivity index (χ3n) is 3.37. The average Bonchev–Trinajstić information content (AvgIpc) is 3.21. The number of nitrogens with zero attached hydrogens (tertiary/aromatic N) is 2. The maximum absolute atomic E-state index is 5.68. The van der Waals surface area contributed by atoms with Gasteiger partial charge in [0.25, 0.3) is 0 Å². The molecule has 23 heavy (non-hydrogen) atoms. The Morgan fingerprint density at radius 3 is 3.09 bits per heavy atom. The van der Waals surface area contributed by atoms with Gasteiger partial charge in [-0.2, -0.15) is 0 Å². The van der Waals surface area contributed by atoms with E-state index in [1.807, 2.05) is 13.0 Å². The highest BCUT2D eigenvalue weighted by Gasteiger charge is 2.15. The van der Waals surface area contributed by atoms with Crippen LogP contribution in [0.15, 0.2) is 21.8 Å². The molecule has 1 saturated heterocycles. The molecule has 0 spiro atoms. The van der Waals surface area contributed by atoms with Crippen molar-refractivity contribution >= 4 is 29.9 Å². The van der Waals surface area contributed by atoms with Crippen LogP contribution in [0.3, 0.4) is 0 Å². The first kappa shape index (κ1) is 20.2. The second-order valence-electron chi connectivity index (χ2n) is 5.27. The van der Waals surface area contributed by atoms with Crippen LogP contribution in [0.1, 0.15) is 25.5 Å². The molecule has 1 aromatic rings. The predicted octanol–water partition coefficient (Wildman–Crippen LogP) is 1.79. The van der Waals surface area contributed by atoms with Crippen LogP contribution in [0.4, 0.5) is 0 Å². The van der Waals surface area contributed by atoms with Crippen molar-refractivity contribution in [2.24, 2.45) is 10.9 Å². The molecule has 1 atom stereocenters. The van der Waals surface area contributed by atoms with Gasteiger partial charge in [0.1, 0.15) is 12.0 Å². The van der Waals surface area contributed by atoms with Gasteiger partial charge in [0, 0.05) is 38.3 Å². The minimum atomic E-state index is 0. The average molecular weight is 438 g/mol. The van der Waals surface area contributed by atoms with E-state index in [1.165, 1.54) is 0 Å². The van der Waals surface area contributed by atoms with Crippen LogP contribution in [0.2, 0.25) is 0 Å². The molecule has 0 bridgehead atoms. The molecule has 8 heteroatoms. The molecule has 1 aliphatic heterocycles. The van der Waals surface area contributed by atoms with Crippen LogP contribution in [0.25, 0.3) is 0 Å². The van der Waals surface area contributed by atoms with Gasteiger partial charge in [-0.25, -0.2) is 4.99 Å². The van der Waals surface area contributed by atoms with Gasteiger partial charge in [0.15, 0.2) is 5.96 Å². The molecule has 1 aliphatic rings. The van der Waals surface area contributed by atoms with Crippen LogP contribution in [-0.4, -0.2) is 50.6 Å². The lowest BCUT2D eigenvalue weighted by Crippen LogP contribution is -2.38. The SMILES string of the molecule is CCNC(=NCc1ccon1)NCCCOCC1CCOC1.I. The van der Waals surface area contributed by atoms with E-state index >= 15 is 0 Å². The van der Waals surface area contributed by atoms with E-state index in [2.05, 4.69) is 20.8 Å². The lowest BCUT2D eigenvalue weighted by molar-refractivity contribution is 0.0888. The topological polar surface area (TPSA) is 80.9 Å². The summed E-state index contributed by atoms with van der Waals surface area (Å²) >= 11 is 0. The third kappa shape index (κ3) is 8.52. The maximum atomic E-state index is 5.68. The van der Waals surface area contributed by atoms with Gasteiger partial charge in [-0.05, 0) is 19.8 Å². The fraction of sp³-hybridized carbons (Fsp3) is 0.733. The molecule has 7 nitrogen and oxygen atoms in total. The van der Waals surface area contributed by atoms with E-state index in [0.29, 0.717) is 12.5 Å². The predicted molar refractivity (Wildman–Crippen MR) is 99.1 cm³/mol. The molecule has 2 heterocycles. The summed E-state index contributed by atoms with van der Waals surface area (Å²) in [7, 11) is 0. The lowest BCUT2D eigenvalue weighted by atomic mass is 10.1. The van der Waals surface area contributed by atoms with Crippen LogP contribution in [0, 0.1) is 5.92 Å². The lowest BCUT2D eigenvalue weighted by Gasteiger charge is -2.12. The monoisotopic (exact) mass is 438 g/mol. The summed E-state index contributed by atoms with van der Waals surface area (Å²) in [6, 6.07) is 1.81. The molecule has 132 valence electrons. The second kappa shape index (κ2) is 12.5. The summed E-state index contributed by atoms with van der Waals surface area (Å²) in [5.41, 5.74) is 0.819. The number of ether oxygens (including phenoxy) is 2. The molecule has 1 fully saturated rings. The Labute approximate surface area is 154 Å². The normalized spacial score (nSPS) is 17.8. The van der Waals surface area contributed by atoms with E-state index in [0.717, 1.165) is 64.0 Å². The van der Waals surface area contributed by atoms with Crippen LogP contribution >= 0.6 is 24.0 Å². The first-order valence-electron chi connectivity index (χ1n) is 7.95. The van der Waals surface area contributed by atoms with Crippen molar-refractivity contribution in [2.45, 2.75) is 26.3 Å². The number of aromatic nitrogens is 1. The van der Waals surface area contributed by atoms with Crippen molar-refractivity contribution in [3.8, 4) is 0 Å². The molecule has 2 rings (SSSR count). The smallest absolute Gasteiger partial charge is 0.191 e. The van der Waals surface area contributed by atoms with Crippen molar-refractivity contribution in [1.82, 2.24) is 15.8 Å². The Hall–Kier alpha value is -0.870.